The number of fused-ring (bicyclic) bond motifs is 1. The normalized spacial score (nSPS) is 24.0. The number of hydrogen-bond donors (Lipinski definition) is 0. The molecule has 8 heteroatoms. The second-order valence-corrected chi connectivity index (χ2v) is 10.8. The van der Waals surface area contributed by atoms with Crippen molar-refractivity contribution in [3.8, 4) is 0 Å². The zero-order chi connectivity index (χ0) is 20.8. The van der Waals surface area contributed by atoms with Crippen molar-refractivity contribution in [1.82, 2.24) is 4.90 Å². The lowest BCUT2D eigenvalue weighted by molar-refractivity contribution is -0.123. The molecule has 2 heterocycles. The van der Waals surface area contributed by atoms with Crippen LogP contribution in [0.5, 0.6) is 0 Å². The molecule has 0 radical (unpaired) electrons. The van der Waals surface area contributed by atoms with E-state index in [1.807, 2.05) is 48.2 Å². The van der Waals surface area contributed by atoms with E-state index in [4.69, 9.17) is 23.2 Å². The van der Waals surface area contributed by atoms with Crippen LogP contribution in [-0.2, 0) is 21.1 Å². The van der Waals surface area contributed by atoms with Gasteiger partial charge in [0.15, 0.2) is 9.84 Å². The maximum atomic E-state index is 13.0. The number of halogens is 2. The van der Waals surface area contributed by atoms with Gasteiger partial charge in [-0.15, -0.1) is 0 Å². The zero-order valence-electron chi connectivity index (χ0n) is 16.0. The molecule has 0 spiro atoms. The number of amides is 1. The predicted molar refractivity (Wildman–Crippen MR) is 117 cm³/mol. The molecule has 2 aromatic carbocycles. The van der Waals surface area contributed by atoms with Gasteiger partial charge < -0.3 is 4.90 Å². The molecule has 2 fully saturated rings. The average molecular weight is 453 g/mol. The van der Waals surface area contributed by atoms with Gasteiger partial charge in [-0.05, 0) is 48.7 Å². The molecule has 2 unspecified atom stereocenters. The third-order valence-corrected chi connectivity index (χ3v) is 8.09. The number of benzene rings is 2. The Morgan fingerprint density at radius 2 is 1.72 bits per heavy atom. The number of rotatable bonds is 4. The highest BCUT2D eigenvalue weighted by Crippen LogP contribution is 2.33. The lowest BCUT2D eigenvalue weighted by Gasteiger charge is -2.43. The second kappa shape index (κ2) is 7.91. The van der Waals surface area contributed by atoms with Gasteiger partial charge in [-0.25, -0.2) is 8.42 Å². The minimum Gasteiger partial charge on any atom is -0.306 e. The fraction of sp³-hybridized carbons (Fsp3) is 0.381. The van der Waals surface area contributed by atoms with Crippen LogP contribution >= 0.6 is 23.2 Å². The molecule has 2 atom stereocenters. The molecule has 4 rings (SSSR count). The summed E-state index contributed by atoms with van der Waals surface area (Å²) in [7, 11) is -3.22. The highest BCUT2D eigenvalue weighted by molar-refractivity contribution is 7.91. The van der Waals surface area contributed by atoms with Crippen molar-refractivity contribution in [2.45, 2.75) is 25.4 Å². The lowest BCUT2D eigenvalue weighted by atomic mass is 10.0. The fourth-order valence-corrected chi connectivity index (χ4v) is 6.48. The van der Waals surface area contributed by atoms with Crippen LogP contribution in [-0.4, -0.2) is 55.9 Å². The molecule has 2 aliphatic rings. The Morgan fingerprint density at radius 3 is 2.41 bits per heavy atom. The fourth-order valence-electron chi connectivity index (χ4n) is 4.19. The van der Waals surface area contributed by atoms with Gasteiger partial charge in [0.2, 0.25) is 5.91 Å². The number of hydrogen-bond acceptors (Lipinski definition) is 4. The van der Waals surface area contributed by atoms with Crippen LogP contribution in [0.1, 0.15) is 11.1 Å². The number of sulfone groups is 1. The molecular formula is C21H22Cl2N2O3S. The highest BCUT2D eigenvalue weighted by Gasteiger charge is 2.49. The number of carbonyl (C=O) groups is 1. The lowest BCUT2D eigenvalue weighted by Crippen LogP contribution is -2.62. The van der Waals surface area contributed by atoms with Crippen molar-refractivity contribution in [2.24, 2.45) is 0 Å². The molecule has 2 aromatic rings. The van der Waals surface area contributed by atoms with E-state index in [1.54, 1.807) is 11.0 Å². The first-order valence-electron chi connectivity index (χ1n) is 9.51. The average Bonchev–Trinajstić information content (AvgIpc) is 2.98. The summed E-state index contributed by atoms with van der Waals surface area (Å²) >= 11 is 12.2. The minimum atomic E-state index is -3.22. The van der Waals surface area contributed by atoms with Crippen molar-refractivity contribution in [2.75, 3.05) is 29.5 Å². The highest BCUT2D eigenvalue weighted by atomic mass is 35.5. The molecule has 0 bridgehead atoms. The largest absolute Gasteiger partial charge is 0.306 e. The smallest absolute Gasteiger partial charge is 0.241 e. The molecule has 0 N–H and O–H groups in total. The predicted octanol–water partition coefficient (Wildman–Crippen LogP) is 3.36. The summed E-state index contributed by atoms with van der Waals surface area (Å²) in [4.78, 5) is 16.7. The first kappa shape index (κ1) is 20.7. The van der Waals surface area contributed by atoms with Gasteiger partial charge in [-0.1, -0.05) is 41.4 Å². The zero-order valence-corrected chi connectivity index (χ0v) is 18.3. The first-order valence-corrected chi connectivity index (χ1v) is 12.1. The molecule has 5 nitrogen and oxygen atoms in total. The monoisotopic (exact) mass is 452 g/mol. The molecule has 0 aromatic heterocycles. The summed E-state index contributed by atoms with van der Waals surface area (Å²) in [6, 6.07) is 12.4. The SMILES string of the molecule is Cc1ccc(N2C(=O)CN(CCc3ccc(Cl)cc3)C3CS(=O)(=O)CC32)cc1Cl. The van der Waals surface area contributed by atoms with Gasteiger partial charge in [0.25, 0.3) is 0 Å². The van der Waals surface area contributed by atoms with Crippen LogP contribution in [0.15, 0.2) is 42.5 Å². The van der Waals surface area contributed by atoms with E-state index in [1.165, 1.54) is 0 Å². The number of anilines is 1. The number of piperazine rings is 1. The number of carbonyl (C=O) groups excluding carboxylic acids is 1. The van der Waals surface area contributed by atoms with E-state index in [2.05, 4.69) is 0 Å². The standard InChI is InChI=1S/C21H22Cl2N2O3S/c1-14-2-7-17(10-18(14)23)25-20-13-29(27,28)12-19(20)24(11-21(25)26)9-8-15-3-5-16(22)6-4-15/h2-7,10,19-20H,8-9,11-13H2,1H3. The third-order valence-electron chi connectivity index (χ3n) is 5.74. The summed E-state index contributed by atoms with van der Waals surface area (Å²) in [5.41, 5.74) is 2.68. The summed E-state index contributed by atoms with van der Waals surface area (Å²) in [6.07, 6.45) is 0.726. The van der Waals surface area contributed by atoms with Gasteiger partial charge in [0.1, 0.15) is 0 Å². The van der Waals surface area contributed by atoms with Crippen LogP contribution in [0.2, 0.25) is 10.0 Å². The summed E-state index contributed by atoms with van der Waals surface area (Å²) in [5.74, 6) is -0.0482. The summed E-state index contributed by atoms with van der Waals surface area (Å²) in [5, 5.41) is 1.24. The van der Waals surface area contributed by atoms with Gasteiger partial charge in [-0.3, -0.25) is 9.69 Å². The maximum Gasteiger partial charge on any atom is 0.241 e. The molecule has 29 heavy (non-hydrogen) atoms. The van der Waals surface area contributed by atoms with Crippen LogP contribution in [0.4, 0.5) is 5.69 Å². The Morgan fingerprint density at radius 1 is 1.03 bits per heavy atom. The molecular weight excluding hydrogens is 431 g/mol. The minimum absolute atomic E-state index is 0.0215. The molecule has 0 aliphatic carbocycles. The molecule has 0 saturated carbocycles. The quantitative estimate of drug-likeness (QED) is 0.713. The molecule has 2 aliphatic heterocycles. The van der Waals surface area contributed by atoms with Crippen LogP contribution < -0.4 is 4.90 Å². The van der Waals surface area contributed by atoms with Crippen molar-refractivity contribution in [3.05, 3.63) is 63.6 Å². The third kappa shape index (κ3) is 4.31. The number of aryl methyl sites for hydroxylation is 1. The van der Waals surface area contributed by atoms with Crippen molar-refractivity contribution in [1.29, 1.82) is 0 Å². The van der Waals surface area contributed by atoms with E-state index < -0.39 is 15.9 Å². The van der Waals surface area contributed by atoms with E-state index >= 15 is 0 Å². The summed E-state index contributed by atoms with van der Waals surface area (Å²) in [6.45, 7) is 2.70. The van der Waals surface area contributed by atoms with E-state index in [0.717, 1.165) is 17.5 Å². The van der Waals surface area contributed by atoms with Crippen LogP contribution in [0.25, 0.3) is 0 Å². The van der Waals surface area contributed by atoms with E-state index in [9.17, 15) is 13.2 Å². The second-order valence-electron chi connectivity index (χ2n) is 7.76. The van der Waals surface area contributed by atoms with Gasteiger partial charge in [0.05, 0.1) is 24.1 Å². The topological polar surface area (TPSA) is 57.7 Å². The van der Waals surface area contributed by atoms with Crippen LogP contribution in [0, 0.1) is 6.92 Å². The first-order chi connectivity index (χ1) is 13.7. The summed E-state index contributed by atoms with van der Waals surface area (Å²) < 4.78 is 24.9. The Kier molecular flexibility index (Phi) is 5.64. The Hall–Kier alpha value is -1.60. The Balaban J connectivity index is 1.59. The van der Waals surface area contributed by atoms with Crippen molar-refractivity contribution in [3.63, 3.8) is 0 Å². The van der Waals surface area contributed by atoms with Gasteiger partial charge in [0, 0.05) is 28.3 Å². The Bertz CT molecular complexity index is 1040. The maximum absolute atomic E-state index is 13.0. The molecule has 1 amide bonds. The van der Waals surface area contributed by atoms with Crippen LogP contribution in [0.3, 0.4) is 0 Å². The van der Waals surface area contributed by atoms with E-state index in [0.29, 0.717) is 22.3 Å². The van der Waals surface area contributed by atoms with Gasteiger partial charge in [-0.2, -0.15) is 0 Å². The number of nitrogens with zero attached hydrogens (tertiary/aromatic N) is 2. The van der Waals surface area contributed by atoms with Crippen molar-refractivity contribution >= 4 is 44.6 Å². The molecule has 154 valence electrons. The van der Waals surface area contributed by atoms with Crippen molar-refractivity contribution < 1.29 is 13.2 Å². The Labute approximate surface area is 181 Å². The van der Waals surface area contributed by atoms with E-state index in [-0.39, 0.29) is 30.0 Å². The van der Waals surface area contributed by atoms with Gasteiger partial charge >= 0.3 is 0 Å². The molecule has 2 saturated heterocycles.